The van der Waals surface area contributed by atoms with Crippen LogP contribution >= 0.6 is 11.6 Å². The van der Waals surface area contributed by atoms with Crippen LogP contribution < -0.4 is 5.32 Å². The van der Waals surface area contributed by atoms with E-state index in [2.05, 4.69) is 22.2 Å². The van der Waals surface area contributed by atoms with Crippen molar-refractivity contribution in [2.75, 3.05) is 33.2 Å². The summed E-state index contributed by atoms with van der Waals surface area (Å²) in [6, 6.07) is 8.09. The molecule has 2 aliphatic heterocycles. The third kappa shape index (κ3) is 4.46. The fourth-order valence-electron chi connectivity index (χ4n) is 3.71. The molecule has 4 nitrogen and oxygen atoms in total. The molecule has 2 aliphatic rings. The molecule has 1 aromatic rings. The molecule has 0 saturated carbocycles. The van der Waals surface area contributed by atoms with Crippen LogP contribution in [0.4, 0.5) is 0 Å². The number of carbonyl (C=O) groups excluding carboxylic acids is 1. The minimum Gasteiger partial charge on any atom is -0.348 e. The molecule has 2 saturated heterocycles. The zero-order valence-electron chi connectivity index (χ0n) is 13.8. The average molecular weight is 336 g/mol. The first kappa shape index (κ1) is 16.7. The minimum absolute atomic E-state index is 0.0114. The summed E-state index contributed by atoms with van der Waals surface area (Å²) in [6.45, 7) is 4.50. The molecule has 3 rings (SSSR count). The topological polar surface area (TPSA) is 35.6 Å². The second-order valence-corrected chi connectivity index (χ2v) is 7.29. The summed E-state index contributed by atoms with van der Waals surface area (Å²) in [4.78, 5) is 17.4. The highest BCUT2D eigenvalue weighted by molar-refractivity contribution is 6.30. The van der Waals surface area contributed by atoms with Gasteiger partial charge in [-0.2, -0.15) is 0 Å². The number of halogens is 1. The van der Waals surface area contributed by atoms with Crippen LogP contribution in [-0.4, -0.2) is 61.0 Å². The molecule has 1 aromatic carbocycles. The zero-order valence-corrected chi connectivity index (χ0v) is 14.6. The van der Waals surface area contributed by atoms with Gasteiger partial charge in [0.25, 0.3) is 5.91 Å². The predicted molar refractivity (Wildman–Crippen MR) is 94.0 cm³/mol. The van der Waals surface area contributed by atoms with Crippen molar-refractivity contribution in [2.45, 2.75) is 37.8 Å². The van der Waals surface area contributed by atoms with Crippen LogP contribution in [0.15, 0.2) is 24.3 Å². The van der Waals surface area contributed by atoms with Crippen molar-refractivity contribution in [2.24, 2.45) is 0 Å². The van der Waals surface area contributed by atoms with E-state index in [-0.39, 0.29) is 11.9 Å². The Morgan fingerprint density at radius 2 is 2.00 bits per heavy atom. The number of carbonyl (C=O) groups is 1. The van der Waals surface area contributed by atoms with Gasteiger partial charge in [-0.1, -0.05) is 17.7 Å². The van der Waals surface area contributed by atoms with E-state index in [1.807, 2.05) is 12.1 Å². The molecule has 5 heteroatoms. The molecule has 1 N–H and O–H groups in total. The Labute approximate surface area is 143 Å². The van der Waals surface area contributed by atoms with Gasteiger partial charge in [-0.05, 0) is 70.6 Å². The third-order valence-corrected chi connectivity index (χ3v) is 5.31. The standard InChI is InChI=1S/C18H26ClN3O/c1-21-10-7-17(8-11-21)22-9-3-6-16(13-22)20-18(23)14-4-2-5-15(19)12-14/h2,4-5,12,16-17H,3,6-11,13H2,1H3,(H,20,23). The Morgan fingerprint density at radius 3 is 2.74 bits per heavy atom. The van der Waals surface area contributed by atoms with E-state index in [1.165, 1.54) is 25.9 Å². The Bertz CT molecular complexity index is 543. The number of rotatable bonds is 3. The van der Waals surface area contributed by atoms with Gasteiger partial charge in [0, 0.05) is 29.2 Å². The SMILES string of the molecule is CN1CCC(N2CCCC(NC(=O)c3cccc(Cl)c3)C2)CC1. The maximum atomic E-state index is 12.4. The van der Waals surface area contributed by atoms with E-state index in [9.17, 15) is 4.79 Å². The first-order valence-electron chi connectivity index (χ1n) is 8.61. The van der Waals surface area contributed by atoms with E-state index in [1.54, 1.807) is 12.1 Å². The Balaban J connectivity index is 1.55. The van der Waals surface area contributed by atoms with Crippen LogP contribution in [0.5, 0.6) is 0 Å². The summed E-state index contributed by atoms with van der Waals surface area (Å²) in [5.74, 6) is -0.0114. The maximum absolute atomic E-state index is 12.4. The lowest BCUT2D eigenvalue weighted by Gasteiger charge is -2.41. The molecule has 0 aliphatic carbocycles. The first-order valence-corrected chi connectivity index (χ1v) is 8.98. The third-order valence-electron chi connectivity index (χ3n) is 5.08. The second-order valence-electron chi connectivity index (χ2n) is 6.85. The van der Waals surface area contributed by atoms with Gasteiger partial charge in [-0.25, -0.2) is 0 Å². The molecule has 126 valence electrons. The van der Waals surface area contributed by atoms with E-state index in [0.29, 0.717) is 16.6 Å². The molecular formula is C18H26ClN3O. The number of piperidine rings is 2. The van der Waals surface area contributed by atoms with Gasteiger partial charge in [0.15, 0.2) is 0 Å². The average Bonchev–Trinajstić information content (AvgIpc) is 2.56. The Kier molecular flexibility index (Phi) is 5.57. The molecule has 1 unspecified atom stereocenters. The Hall–Kier alpha value is -1.10. The molecule has 2 fully saturated rings. The summed E-state index contributed by atoms with van der Waals surface area (Å²) >= 11 is 5.98. The quantitative estimate of drug-likeness (QED) is 0.922. The summed E-state index contributed by atoms with van der Waals surface area (Å²) in [7, 11) is 2.19. The molecule has 0 radical (unpaired) electrons. The van der Waals surface area contributed by atoms with Crippen molar-refractivity contribution in [3.8, 4) is 0 Å². The fourth-order valence-corrected chi connectivity index (χ4v) is 3.90. The van der Waals surface area contributed by atoms with Crippen molar-refractivity contribution in [1.29, 1.82) is 0 Å². The zero-order chi connectivity index (χ0) is 16.2. The number of hydrogen-bond acceptors (Lipinski definition) is 3. The lowest BCUT2D eigenvalue weighted by molar-refractivity contribution is 0.0766. The van der Waals surface area contributed by atoms with Crippen LogP contribution in [-0.2, 0) is 0 Å². The van der Waals surface area contributed by atoms with Gasteiger partial charge in [0.2, 0.25) is 0 Å². The number of hydrogen-bond donors (Lipinski definition) is 1. The maximum Gasteiger partial charge on any atom is 0.251 e. The number of nitrogens with zero attached hydrogens (tertiary/aromatic N) is 2. The van der Waals surface area contributed by atoms with E-state index in [0.717, 1.165) is 25.9 Å². The van der Waals surface area contributed by atoms with Gasteiger partial charge in [-0.15, -0.1) is 0 Å². The highest BCUT2D eigenvalue weighted by Gasteiger charge is 2.28. The summed E-state index contributed by atoms with van der Waals surface area (Å²) in [5.41, 5.74) is 0.647. The molecule has 23 heavy (non-hydrogen) atoms. The van der Waals surface area contributed by atoms with Crippen molar-refractivity contribution in [1.82, 2.24) is 15.1 Å². The fraction of sp³-hybridized carbons (Fsp3) is 0.611. The molecule has 0 bridgehead atoms. The van der Waals surface area contributed by atoms with E-state index in [4.69, 9.17) is 11.6 Å². The lowest BCUT2D eigenvalue weighted by atomic mass is 9.98. The molecule has 1 amide bonds. The van der Waals surface area contributed by atoms with Crippen LogP contribution in [0, 0.1) is 0 Å². The predicted octanol–water partition coefficient (Wildman–Crippen LogP) is 2.63. The summed E-state index contributed by atoms with van der Waals surface area (Å²) in [5, 5.41) is 3.80. The molecule has 1 atom stereocenters. The van der Waals surface area contributed by atoms with Crippen LogP contribution in [0.1, 0.15) is 36.0 Å². The number of amides is 1. The van der Waals surface area contributed by atoms with E-state index >= 15 is 0 Å². The number of benzene rings is 1. The second kappa shape index (κ2) is 7.65. The monoisotopic (exact) mass is 335 g/mol. The highest BCUT2D eigenvalue weighted by atomic mass is 35.5. The van der Waals surface area contributed by atoms with Gasteiger partial charge in [-0.3, -0.25) is 9.69 Å². The van der Waals surface area contributed by atoms with Crippen molar-refractivity contribution < 1.29 is 4.79 Å². The van der Waals surface area contributed by atoms with Gasteiger partial charge >= 0.3 is 0 Å². The summed E-state index contributed by atoms with van der Waals surface area (Å²) in [6.07, 6.45) is 4.71. The van der Waals surface area contributed by atoms with Crippen LogP contribution in [0.25, 0.3) is 0 Å². The molecule has 0 spiro atoms. The highest BCUT2D eigenvalue weighted by Crippen LogP contribution is 2.21. The molecular weight excluding hydrogens is 310 g/mol. The lowest BCUT2D eigenvalue weighted by Crippen LogP contribution is -2.53. The van der Waals surface area contributed by atoms with Crippen molar-refractivity contribution in [3.05, 3.63) is 34.9 Å². The number of nitrogens with one attached hydrogen (secondary N) is 1. The van der Waals surface area contributed by atoms with Crippen LogP contribution in [0.2, 0.25) is 5.02 Å². The van der Waals surface area contributed by atoms with Crippen LogP contribution in [0.3, 0.4) is 0 Å². The smallest absolute Gasteiger partial charge is 0.251 e. The largest absolute Gasteiger partial charge is 0.348 e. The minimum atomic E-state index is -0.0114. The molecule has 0 aromatic heterocycles. The van der Waals surface area contributed by atoms with E-state index < -0.39 is 0 Å². The molecule has 2 heterocycles. The van der Waals surface area contributed by atoms with Gasteiger partial charge < -0.3 is 10.2 Å². The van der Waals surface area contributed by atoms with Crippen molar-refractivity contribution in [3.63, 3.8) is 0 Å². The summed E-state index contributed by atoms with van der Waals surface area (Å²) < 4.78 is 0. The normalized spacial score (nSPS) is 24.5. The number of likely N-dealkylation sites (tertiary alicyclic amines) is 2. The van der Waals surface area contributed by atoms with Gasteiger partial charge in [0.05, 0.1) is 0 Å². The Morgan fingerprint density at radius 1 is 1.22 bits per heavy atom. The van der Waals surface area contributed by atoms with Crippen molar-refractivity contribution >= 4 is 17.5 Å². The first-order chi connectivity index (χ1) is 11.1. The van der Waals surface area contributed by atoms with Gasteiger partial charge in [0.1, 0.15) is 0 Å².